The van der Waals surface area contributed by atoms with Crippen molar-refractivity contribution in [3.8, 4) is 0 Å². The average molecular weight is 170 g/mol. The van der Waals surface area contributed by atoms with Crippen molar-refractivity contribution in [1.29, 1.82) is 0 Å². The maximum absolute atomic E-state index is 2.67. The molecule has 0 aromatic heterocycles. The SMILES string of the molecule is C.CN1CC[C@@H](N2CCCC2)C1. The van der Waals surface area contributed by atoms with Gasteiger partial charge >= 0.3 is 0 Å². The lowest BCUT2D eigenvalue weighted by Gasteiger charge is -2.22. The smallest absolute Gasteiger partial charge is 0.0235 e. The first-order chi connectivity index (χ1) is 5.36. The number of hydrogen-bond donors (Lipinski definition) is 0. The van der Waals surface area contributed by atoms with E-state index in [-0.39, 0.29) is 7.43 Å². The van der Waals surface area contributed by atoms with Crippen LogP contribution in [0.3, 0.4) is 0 Å². The van der Waals surface area contributed by atoms with Crippen molar-refractivity contribution in [3.05, 3.63) is 0 Å². The Morgan fingerprint density at radius 3 is 2.25 bits per heavy atom. The fourth-order valence-corrected chi connectivity index (χ4v) is 2.32. The van der Waals surface area contributed by atoms with Gasteiger partial charge in [-0.05, 0) is 45.9 Å². The highest BCUT2D eigenvalue weighted by Crippen LogP contribution is 2.18. The molecule has 2 heterocycles. The third-order valence-corrected chi connectivity index (χ3v) is 3.02. The highest BCUT2D eigenvalue weighted by atomic mass is 15.2. The van der Waals surface area contributed by atoms with E-state index in [2.05, 4.69) is 16.8 Å². The largest absolute Gasteiger partial charge is 0.305 e. The van der Waals surface area contributed by atoms with E-state index in [1.807, 2.05) is 0 Å². The Bertz CT molecular complexity index is 130. The summed E-state index contributed by atoms with van der Waals surface area (Å²) in [5, 5.41) is 0. The van der Waals surface area contributed by atoms with E-state index in [0.717, 1.165) is 6.04 Å². The van der Waals surface area contributed by atoms with E-state index in [4.69, 9.17) is 0 Å². The Morgan fingerprint density at radius 2 is 1.75 bits per heavy atom. The zero-order valence-electron chi connectivity index (χ0n) is 7.42. The van der Waals surface area contributed by atoms with Crippen molar-refractivity contribution in [2.75, 3.05) is 33.2 Å². The highest BCUT2D eigenvalue weighted by molar-refractivity contribution is 4.83. The molecule has 2 fully saturated rings. The second-order valence-electron chi connectivity index (χ2n) is 3.95. The molecular formula is C10H22N2. The maximum atomic E-state index is 2.67. The van der Waals surface area contributed by atoms with Crippen LogP contribution in [0.25, 0.3) is 0 Å². The molecule has 12 heavy (non-hydrogen) atoms. The minimum atomic E-state index is 0. The number of nitrogens with zero attached hydrogens (tertiary/aromatic N) is 2. The summed E-state index contributed by atoms with van der Waals surface area (Å²) in [4.78, 5) is 5.12. The quantitative estimate of drug-likeness (QED) is 0.587. The molecule has 2 nitrogen and oxygen atoms in total. The monoisotopic (exact) mass is 170 g/mol. The fourth-order valence-electron chi connectivity index (χ4n) is 2.32. The molecule has 0 radical (unpaired) electrons. The van der Waals surface area contributed by atoms with Crippen LogP contribution >= 0.6 is 0 Å². The summed E-state index contributed by atoms with van der Waals surface area (Å²) in [5.74, 6) is 0. The van der Waals surface area contributed by atoms with Crippen LogP contribution in [0.15, 0.2) is 0 Å². The average Bonchev–Trinajstić information content (AvgIpc) is 2.55. The normalized spacial score (nSPS) is 32.2. The zero-order chi connectivity index (χ0) is 7.68. The maximum Gasteiger partial charge on any atom is 0.0235 e. The lowest BCUT2D eigenvalue weighted by atomic mass is 10.2. The number of rotatable bonds is 1. The van der Waals surface area contributed by atoms with Gasteiger partial charge in [0.25, 0.3) is 0 Å². The van der Waals surface area contributed by atoms with Gasteiger partial charge in [-0.3, -0.25) is 4.90 Å². The lowest BCUT2D eigenvalue weighted by Crippen LogP contribution is -2.34. The van der Waals surface area contributed by atoms with Crippen LogP contribution in [0, 0.1) is 0 Å². The Labute approximate surface area is 76.5 Å². The van der Waals surface area contributed by atoms with Crippen molar-refractivity contribution in [1.82, 2.24) is 9.80 Å². The Morgan fingerprint density at radius 1 is 1.08 bits per heavy atom. The van der Waals surface area contributed by atoms with Crippen LogP contribution in [0.5, 0.6) is 0 Å². The van der Waals surface area contributed by atoms with Gasteiger partial charge in [0.05, 0.1) is 0 Å². The highest BCUT2D eigenvalue weighted by Gasteiger charge is 2.26. The molecule has 0 unspecified atom stereocenters. The second-order valence-corrected chi connectivity index (χ2v) is 3.95. The Hall–Kier alpha value is -0.0800. The first kappa shape index (κ1) is 10.0. The summed E-state index contributed by atoms with van der Waals surface area (Å²) in [6.07, 6.45) is 4.26. The first-order valence-corrected chi connectivity index (χ1v) is 4.79. The molecule has 0 N–H and O–H groups in total. The van der Waals surface area contributed by atoms with Crippen LogP contribution in [0.1, 0.15) is 26.7 Å². The molecule has 0 aromatic carbocycles. The van der Waals surface area contributed by atoms with Crippen molar-refractivity contribution in [2.24, 2.45) is 0 Å². The molecule has 0 aromatic rings. The molecule has 72 valence electrons. The van der Waals surface area contributed by atoms with E-state index in [1.165, 1.54) is 45.4 Å². The first-order valence-electron chi connectivity index (χ1n) is 4.79. The molecule has 0 spiro atoms. The van der Waals surface area contributed by atoms with Gasteiger partial charge in [-0.25, -0.2) is 0 Å². The molecule has 0 amide bonds. The summed E-state index contributed by atoms with van der Waals surface area (Å²) in [6.45, 7) is 5.33. The van der Waals surface area contributed by atoms with Crippen LogP contribution < -0.4 is 0 Å². The van der Waals surface area contributed by atoms with Gasteiger partial charge < -0.3 is 4.90 Å². The van der Waals surface area contributed by atoms with Crippen LogP contribution in [0.4, 0.5) is 0 Å². The molecule has 2 aliphatic heterocycles. The Kier molecular flexibility index (Phi) is 3.53. The van der Waals surface area contributed by atoms with Gasteiger partial charge in [0.15, 0.2) is 0 Å². The van der Waals surface area contributed by atoms with Crippen LogP contribution in [-0.4, -0.2) is 49.1 Å². The van der Waals surface area contributed by atoms with Crippen molar-refractivity contribution in [2.45, 2.75) is 32.7 Å². The fraction of sp³-hybridized carbons (Fsp3) is 1.00. The van der Waals surface area contributed by atoms with Gasteiger partial charge in [0.1, 0.15) is 0 Å². The predicted octanol–water partition coefficient (Wildman–Crippen LogP) is 1.42. The molecule has 2 aliphatic rings. The number of likely N-dealkylation sites (tertiary alicyclic amines) is 2. The van der Waals surface area contributed by atoms with Gasteiger partial charge in [0, 0.05) is 12.6 Å². The van der Waals surface area contributed by atoms with Crippen LogP contribution in [0.2, 0.25) is 0 Å². The molecule has 2 saturated heterocycles. The van der Waals surface area contributed by atoms with Crippen molar-refractivity contribution in [3.63, 3.8) is 0 Å². The summed E-state index contributed by atoms with van der Waals surface area (Å²) in [5.41, 5.74) is 0. The van der Waals surface area contributed by atoms with Crippen molar-refractivity contribution >= 4 is 0 Å². The zero-order valence-corrected chi connectivity index (χ0v) is 7.42. The van der Waals surface area contributed by atoms with Gasteiger partial charge in [-0.15, -0.1) is 0 Å². The van der Waals surface area contributed by atoms with E-state index in [9.17, 15) is 0 Å². The van der Waals surface area contributed by atoms with Gasteiger partial charge in [0.2, 0.25) is 0 Å². The molecule has 0 bridgehead atoms. The summed E-state index contributed by atoms with van der Waals surface area (Å²) >= 11 is 0. The second kappa shape index (κ2) is 4.24. The molecule has 0 aliphatic carbocycles. The Balaban J connectivity index is 0.000000720. The standard InChI is InChI=1S/C9H18N2.CH4/c1-10-7-4-9(8-10)11-5-2-3-6-11;/h9H,2-8H2,1H3;1H4/t9-;/m1./s1. The summed E-state index contributed by atoms with van der Waals surface area (Å²) < 4.78 is 0. The topological polar surface area (TPSA) is 6.48 Å². The summed E-state index contributed by atoms with van der Waals surface area (Å²) in [6, 6.07) is 0.891. The molecular weight excluding hydrogens is 148 g/mol. The van der Waals surface area contributed by atoms with E-state index < -0.39 is 0 Å². The van der Waals surface area contributed by atoms with E-state index >= 15 is 0 Å². The third kappa shape index (κ3) is 1.99. The molecule has 0 saturated carbocycles. The van der Waals surface area contributed by atoms with Crippen LogP contribution in [-0.2, 0) is 0 Å². The third-order valence-electron chi connectivity index (χ3n) is 3.02. The van der Waals surface area contributed by atoms with Gasteiger partial charge in [-0.1, -0.05) is 7.43 Å². The minimum absolute atomic E-state index is 0. The molecule has 1 atom stereocenters. The number of hydrogen-bond acceptors (Lipinski definition) is 2. The predicted molar refractivity (Wildman–Crippen MR) is 53.4 cm³/mol. The van der Waals surface area contributed by atoms with E-state index in [1.54, 1.807) is 0 Å². The van der Waals surface area contributed by atoms with E-state index in [0.29, 0.717) is 0 Å². The molecule has 2 rings (SSSR count). The van der Waals surface area contributed by atoms with Gasteiger partial charge in [-0.2, -0.15) is 0 Å². The summed E-state index contributed by atoms with van der Waals surface area (Å²) in [7, 11) is 2.23. The minimum Gasteiger partial charge on any atom is -0.305 e. The number of likely N-dealkylation sites (N-methyl/N-ethyl adjacent to an activating group) is 1. The molecule has 2 heteroatoms. The van der Waals surface area contributed by atoms with Crippen molar-refractivity contribution < 1.29 is 0 Å². The lowest BCUT2D eigenvalue weighted by molar-refractivity contribution is 0.242.